The summed E-state index contributed by atoms with van der Waals surface area (Å²) < 4.78 is 0. The molecule has 2 aromatic heterocycles. The average molecular weight is 518 g/mol. The van der Waals surface area contributed by atoms with Crippen LogP contribution in [0.15, 0.2) is 80.0 Å². The van der Waals surface area contributed by atoms with Crippen molar-refractivity contribution in [3.63, 3.8) is 0 Å². The van der Waals surface area contributed by atoms with Gasteiger partial charge in [-0.25, -0.2) is 4.98 Å². The van der Waals surface area contributed by atoms with E-state index in [-0.39, 0.29) is 21.4 Å². The van der Waals surface area contributed by atoms with Crippen molar-refractivity contribution in [2.45, 2.75) is 52.4 Å². The molecule has 0 aliphatic heterocycles. The van der Waals surface area contributed by atoms with Gasteiger partial charge >= 0.3 is 0 Å². The first-order valence-electron chi connectivity index (χ1n) is 13.0. The molecule has 2 heterocycles. The number of hydrogen-bond acceptors (Lipinski definition) is 4. The van der Waals surface area contributed by atoms with Gasteiger partial charge in [-0.05, 0) is 62.4 Å². The first kappa shape index (κ1) is 27.6. The summed E-state index contributed by atoms with van der Waals surface area (Å²) in [5.74, 6) is 0. The van der Waals surface area contributed by atoms with Gasteiger partial charge in [0.1, 0.15) is 0 Å². The van der Waals surface area contributed by atoms with E-state index in [9.17, 15) is 10.1 Å². The minimum absolute atomic E-state index is 0.0217. The Morgan fingerprint density at radius 3 is 1.87 bits per heavy atom. The molecule has 0 spiro atoms. The van der Waals surface area contributed by atoms with E-state index in [1.165, 1.54) is 17.2 Å². The summed E-state index contributed by atoms with van der Waals surface area (Å²) in [5, 5.41) is 11.5. The Balaban J connectivity index is 2.02. The zero-order chi connectivity index (χ0) is 28.5. The van der Waals surface area contributed by atoms with Gasteiger partial charge in [-0.15, -0.1) is 0 Å². The second-order valence-corrected chi connectivity index (χ2v) is 11.8. The van der Waals surface area contributed by atoms with Gasteiger partial charge in [-0.3, -0.25) is 15.1 Å². The largest absolute Gasteiger partial charge is 0.270 e. The van der Waals surface area contributed by atoms with Crippen molar-refractivity contribution in [1.29, 1.82) is 0 Å². The predicted molar refractivity (Wildman–Crippen MR) is 163 cm³/mol. The number of rotatable bonds is 6. The number of hydrogen-bond donors (Lipinski definition) is 0. The van der Waals surface area contributed by atoms with Crippen LogP contribution in [0.4, 0.5) is 5.69 Å². The monoisotopic (exact) mass is 517 g/mol. The van der Waals surface area contributed by atoms with Crippen molar-refractivity contribution in [2.24, 2.45) is 0 Å². The van der Waals surface area contributed by atoms with Gasteiger partial charge in [-0.2, -0.15) is 0 Å². The molecule has 0 atom stereocenters. The number of nitro groups is 1. The van der Waals surface area contributed by atoms with Crippen molar-refractivity contribution in [3.05, 3.63) is 112 Å². The standard InChI is InChI=1S/C34H35N3O2/c1-9-22-17-31(35-21-23(22)10-2)32-19-26(18-30(36-32)24-12-11-13-29(16-24)37(38)39)25-14-27(33(3,4)5)20-28(15-25)34(6,7)8/h9-21H,1-2H2,3-8H3. The van der Waals surface area contributed by atoms with Crippen LogP contribution in [0, 0.1) is 10.1 Å². The normalized spacial score (nSPS) is 11.7. The first-order chi connectivity index (χ1) is 18.3. The molecule has 0 aliphatic rings. The SMILES string of the molecule is C=Cc1cnc(-c2cc(-c3cc(C(C)(C)C)cc(C(C)(C)C)c3)cc(-c3cccc([N+](=O)[O-])c3)n2)cc1C=C. The maximum Gasteiger partial charge on any atom is 0.270 e. The highest BCUT2D eigenvalue weighted by Gasteiger charge is 2.22. The smallest absolute Gasteiger partial charge is 0.258 e. The molecule has 0 N–H and O–H groups in total. The van der Waals surface area contributed by atoms with E-state index in [1.807, 2.05) is 24.3 Å². The highest BCUT2D eigenvalue weighted by Crippen LogP contribution is 2.37. The number of pyridine rings is 2. The second-order valence-electron chi connectivity index (χ2n) is 11.8. The van der Waals surface area contributed by atoms with Gasteiger partial charge in [0.15, 0.2) is 0 Å². The quantitative estimate of drug-likeness (QED) is 0.189. The Labute approximate surface area is 231 Å². The van der Waals surface area contributed by atoms with Crippen molar-refractivity contribution < 1.29 is 4.92 Å². The molecule has 4 aromatic rings. The summed E-state index contributed by atoms with van der Waals surface area (Å²) in [6, 6.07) is 19.3. The van der Waals surface area contributed by atoms with Crippen LogP contribution in [-0.4, -0.2) is 14.9 Å². The van der Waals surface area contributed by atoms with E-state index < -0.39 is 0 Å². The molecule has 0 unspecified atom stereocenters. The van der Waals surface area contributed by atoms with Gasteiger partial charge in [0.05, 0.1) is 22.0 Å². The lowest BCUT2D eigenvalue weighted by Gasteiger charge is -2.26. The van der Waals surface area contributed by atoms with E-state index in [1.54, 1.807) is 30.5 Å². The fraction of sp³-hybridized carbons (Fsp3) is 0.235. The molecule has 0 saturated carbocycles. The third-order valence-corrected chi connectivity index (χ3v) is 6.85. The van der Waals surface area contributed by atoms with E-state index in [2.05, 4.69) is 77.9 Å². The maximum atomic E-state index is 11.5. The molecule has 2 aromatic carbocycles. The molecule has 39 heavy (non-hydrogen) atoms. The average Bonchev–Trinajstić information content (AvgIpc) is 2.91. The predicted octanol–water partition coefficient (Wildman–Crippen LogP) is 9.27. The van der Waals surface area contributed by atoms with E-state index >= 15 is 0 Å². The van der Waals surface area contributed by atoms with Crippen LogP contribution in [0.2, 0.25) is 0 Å². The first-order valence-corrected chi connectivity index (χ1v) is 13.0. The van der Waals surface area contributed by atoms with Crippen molar-refractivity contribution in [3.8, 4) is 33.8 Å². The van der Waals surface area contributed by atoms with Crippen LogP contribution >= 0.6 is 0 Å². The Bertz CT molecular complexity index is 1560. The van der Waals surface area contributed by atoms with Gasteiger partial charge in [-0.1, -0.05) is 97.2 Å². The lowest BCUT2D eigenvalue weighted by Crippen LogP contribution is -2.16. The summed E-state index contributed by atoms with van der Waals surface area (Å²) in [7, 11) is 0. The Hall–Kier alpha value is -4.38. The third kappa shape index (κ3) is 6.04. The van der Waals surface area contributed by atoms with E-state index in [4.69, 9.17) is 4.98 Å². The zero-order valence-electron chi connectivity index (χ0n) is 23.6. The van der Waals surface area contributed by atoms with E-state index in [0.29, 0.717) is 22.6 Å². The lowest BCUT2D eigenvalue weighted by atomic mass is 9.79. The lowest BCUT2D eigenvalue weighted by molar-refractivity contribution is -0.384. The number of benzene rings is 2. The summed E-state index contributed by atoms with van der Waals surface area (Å²) in [5.41, 5.74) is 8.89. The van der Waals surface area contributed by atoms with E-state index in [0.717, 1.165) is 22.3 Å². The minimum Gasteiger partial charge on any atom is -0.258 e. The molecule has 0 saturated heterocycles. The molecule has 0 bridgehead atoms. The topological polar surface area (TPSA) is 68.9 Å². The summed E-state index contributed by atoms with van der Waals surface area (Å²) in [6.07, 6.45) is 5.28. The molecular weight excluding hydrogens is 482 g/mol. The highest BCUT2D eigenvalue weighted by molar-refractivity contribution is 5.78. The molecule has 0 aliphatic carbocycles. The molecular formula is C34H35N3O2. The number of aromatic nitrogens is 2. The molecule has 5 nitrogen and oxygen atoms in total. The minimum atomic E-state index is -0.386. The van der Waals surface area contributed by atoms with Crippen LogP contribution in [0.3, 0.4) is 0 Å². The number of non-ortho nitro benzene ring substituents is 1. The summed E-state index contributed by atoms with van der Waals surface area (Å²) in [4.78, 5) is 20.7. The summed E-state index contributed by atoms with van der Waals surface area (Å²) in [6.45, 7) is 21.1. The molecule has 0 amide bonds. The fourth-order valence-corrected chi connectivity index (χ4v) is 4.38. The third-order valence-electron chi connectivity index (χ3n) is 6.85. The Morgan fingerprint density at radius 2 is 1.31 bits per heavy atom. The van der Waals surface area contributed by atoms with Crippen molar-refractivity contribution in [1.82, 2.24) is 9.97 Å². The maximum absolute atomic E-state index is 11.5. The molecule has 4 rings (SSSR count). The highest BCUT2D eigenvalue weighted by atomic mass is 16.6. The van der Waals surface area contributed by atoms with Crippen LogP contribution in [0.1, 0.15) is 63.8 Å². The van der Waals surface area contributed by atoms with Gasteiger partial charge in [0.2, 0.25) is 0 Å². The van der Waals surface area contributed by atoms with Crippen molar-refractivity contribution in [2.75, 3.05) is 0 Å². The van der Waals surface area contributed by atoms with Crippen LogP contribution in [-0.2, 0) is 10.8 Å². The van der Waals surface area contributed by atoms with Gasteiger partial charge in [0.25, 0.3) is 5.69 Å². The molecule has 0 fully saturated rings. The number of nitrogens with zero attached hydrogens (tertiary/aromatic N) is 3. The Morgan fingerprint density at radius 1 is 0.718 bits per heavy atom. The van der Waals surface area contributed by atoms with Crippen LogP contribution < -0.4 is 0 Å². The second kappa shape index (κ2) is 10.4. The van der Waals surface area contributed by atoms with Crippen LogP contribution in [0.5, 0.6) is 0 Å². The molecule has 5 heteroatoms. The zero-order valence-corrected chi connectivity index (χ0v) is 23.6. The Kier molecular flexibility index (Phi) is 7.38. The molecule has 0 radical (unpaired) electrons. The van der Waals surface area contributed by atoms with Crippen molar-refractivity contribution >= 4 is 17.8 Å². The number of nitro benzene ring substituents is 1. The molecule has 198 valence electrons. The van der Waals surface area contributed by atoms with Crippen LogP contribution in [0.25, 0.3) is 45.9 Å². The fourth-order valence-electron chi connectivity index (χ4n) is 4.38. The van der Waals surface area contributed by atoms with Gasteiger partial charge < -0.3 is 0 Å². The summed E-state index contributed by atoms with van der Waals surface area (Å²) >= 11 is 0. The van der Waals surface area contributed by atoms with Gasteiger partial charge in [0, 0.05) is 23.9 Å².